The number of nitrogens with zero attached hydrogens (tertiary/aromatic N) is 1. The molecule has 2 aliphatic rings. The molecule has 0 aromatic rings. The van der Waals surface area contributed by atoms with E-state index >= 15 is 0 Å². The van der Waals surface area contributed by atoms with E-state index in [2.05, 4.69) is 0 Å². The van der Waals surface area contributed by atoms with Gasteiger partial charge in [-0.15, -0.1) is 0 Å². The minimum absolute atomic E-state index is 0.204. The second-order valence-corrected chi connectivity index (χ2v) is 6.61. The van der Waals surface area contributed by atoms with Gasteiger partial charge in [-0.05, 0) is 25.0 Å². The Kier molecular flexibility index (Phi) is 4.68. The standard InChI is InChI=1S/C12H20N2OS2/c13-11(16)7-14(10-3-1-2-4-10)12(15)9-5-6-17-8-9/h9-10H,1-8H2,(H2,13,16). The Balaban J connectivity index is 2.02. The van der Waals surface area contributed by atoms with Crippen LogP contribution in [0.25, 0.3) is 0 Å². The van der Waals surface area contributed by atoms with Gasteiger partial charge in [0.15, 0.2) is 0 Å². The van der Waals surface area contributed by atoms with E-state index in [-0.39, 0.29) is 11.8 Å². The van der Waals surface area contributed by atoms with Gasteiger partial charge in [0.2, 0.25) is 5.91 Å². The summed E-state index contributed by atoms with van der Waals surface area (Å²) in [5.41, 5.74) is 5.63. The van der Waals surface area contributed by atoms with E-state index in [1.165, 1.54) is 12.8 Å². The van der Waals surface area contributed by atoms with Gasteiger partial charge in [-0.1, -0.05) is 25.1 Å². The molecule has 0 bridgehead atoms. The Morgan fingerprint density at radius 2 is 2.06 bits per heavy atom. The fourth-order valence-corrected chi connectivity index (χ4v) is 4.09. The minimum atomic E-state index is 0.204. The number of nitrogens with two attached hydrogens (primary N) is 1. The molecule has 1 atom stereocenters. The van der Waals surface area contributed by atoms with E-state index in [1.54, 1.807) is 0 Å². The van der Waals surface area contributed by atoms with Gasteiger partial charge in [0.05, 0.1) is 11.5 Å². The van der Waals surface area contributed by atoms with Crippen LogP contribution in [-0.2, 0) is 4.79 Å². The predicted molar refractivity (Wildman–Crippen MR) is 76.2 cm³/mol. The second-order valence-electron chi connectivity index (χ2n) is 4.93. The third-order valence-corrected chi connectivity index (χ3v) is 4.95. The molecule has 1 amide bonds. The van der Waals surface area contributed by atoms with Gasteiger partial charge in [-0.3, -0.25) is 4.79 Å². The number of hydrogen-bond donors (Lipinski definition) is 1. The fraction of sp³-hybridized carbons (Fsp3) is 0.833. The molecule has 2 rings (SSSR count). The van der Waals surface area contributed by atoms with Crippen molar-refractivity contribution in [3.63, 3.8) is 0 Å². The monoisotopic (exact) mass is 272 g/mol. The van der Waals surface area contributed by atoms with Crippen molar-refractivity contribution >= 4 is 34.9 Å². The lowest BCUT2D eigenvalue weighted by atomic mass is 10.1. The molecule has 1 aliphatic heterocycles. The Bertz CT molecular complexity index is 297. The summed E-state index contributed by atoms with van der Waals surface area (Å²) in [7, 11) is 0. The van der Waals surface area contributed by atoms with Crippen LogP contribution in [0.3, 0.4) is 0 Å². The van der Waals surface area contributed by atoms with Crippen LogP contribution in [0.1, 0.15) is 32.1 Å². The quantitative estimate of drug-likeness (QED) is 0.793. The summed E-state index contributed by atoms with van der Waals surface area (Å²) in [4.78, 5) is 14.9. The summed E-state index contributed by atoms with van der Waals surface area (Å²) in [5, 5.41) is 0. The third kappa shape index (κ3) is 3.35. The van der Waals surface area contributed by atoms with Crippen molar-refractivity contribution in [2.45, 2.75) is 38.1 Å². The van der Waals surface area contributed by atoms with Crippen molar-refractivity contribution in [3.8, 4) is 0 Å². The van der Waals surface area contributed by atoms with Gasteiger partial charge in [-0.2, -0.15) is 11.8 Å². The number of thioether (sulfide) groups is 1. The molecule has 1 saturated heterocycles. The van der Waals surface area contributed by atoms with Crippen LogP contribution in [0.2, 0.25) is 0 Å². The smallest absolute Gasteiger partial charge is 0.227 e. The van der Waals surface area contributed by atoms with Crippen LogP contribution >= 0.6 is 24.0 Å². The highest BCUT2D eigenvalue weighted by atomic mass is 32.2. The zero-order valence-electron chi connectivity index (χ0n) is 10.1. The van der Waals surface area contributed by atoms with Crippen LogP contribution in [0, 0.1) is 5.92 Å². The van der Waals surface area contributed by atoms with Gasteiger partial charge in [0.1, 0.15) is 0 Å². The van der Waals surface area contributed by atoms with Crippen molar-refractivity contribution in [2.75, 3.05) is 18.1 Å². The van der Waals surface area contributed by atoms with E-state index in [4.69, 9.17) is 18.0 Å². The van der Waals surface area contributed by atoms with Crippen molar-refractivity contribution < 1.29 is 4.79 Å². The number of thiocarbonyl (C=S) groups is 1. The number of hydrogen-bond acceptors (Lipinski definition) is 3. The molecule has 17 heavy (non-hydrogen) atoms. The average molecular weight is 272 g/mol. The van der Waals surface area contributed by atoms with Crippen molar-refractivity contribution in [2.24, 2.45) is 11.7 Å². The fourth-order valence-electron chi connectivity index (χ4n) is 2.73. The van der Waals surface area contributed by atoms with Crippen molar-refractivity contribution in [1.82, 2.24) is 4.90 Å². The van der Waals surface area contributed by atoms with E-state index in [1.807, 2.05) is 16.7 Å². The van der Waals surface area contributed by atoms with Gasteiger partial charge in [0, 0.05) is 17.7 Å². The Hall–Kier alpha value is -0.290. The molecular weight excluding hydrogens is 252 g/mol. The van der Waals surface area contributed by atoms with Crippen LogP contribution < -0.4 is 5.73 Å². The highest BCUT2D eigenvalue weighted by Gasteiger charge is 2.33. The highest BCUT2D eigenvalue weighted by molar-refractivity contribution is 7.99. The zero-order chi connectivity index (χ0) is 12.3. The number of carbonyl (C=O) groups excluding carboxylic acids is 1. The summed E-state index contributed by atoms with van der Waals surface area (Å²) in [6, 6.07) is 0.384. The summed E-state index contributed by atoms with van der Waals surface area (Å²) >= 11 is 6.86. The van der Waals surface area contributed by atoms with Gasteiger partial charge < -0.3 is 10.6 Å². The van der Waals surface area contributed by atoms with Crippen LogP contribution in [0.15, 0.2) is 0 Å². The highest BCUT2D eigenvalue weighted by Crippen LogP contribution is 2.29. The molecule has 1 heterocycles. The summed E-state index contributed by atoms with van der Waals surface area (Å²) in [6.45, 7) is 0.472. The molecule has 0 radical (unpaired) electrons. The van der Waals surface area contributed by atoms with Gasteiger partial charge in [-0.25, -0.2) is 0 Å². The molecule has 1 saturated carbocycles. The largest absolute Gasteiger partial charge is 0.392 e. The minimum Gasteiger partial charge on any atom is -0.392 e. The molecule has 3 nitrogen and oxygen atoms in total. The Morgan fingerprint density at radius 1 is 1.35 bits per heavy atom. The van der Waals surface area contributed by atoms with Gasteiger partial charge >= 0.3 is 0 Å². The summed E-state index contributed by atoms with van der Waals surface area (Å²) in [6.07, 6.45) is 5.71. The normalized spacial score (nSPS) is 25.1. The Morgan fingerprint density at radius 3 is 2.59 bits per heavy atom. The molecule has 2 N–H and O–H groups in total. The first-order valence-electron chi connectivity index (χ1n) is 6.35. The maximum Gasteiger partial charge on any atom is 0.227 e. The lowest BCUT2D eigenvalue weighted by Gasteiger charge is -2.30. The van der Waals surface area contributed by atoms with Crippen molar-refractivity contribution in [3.05, 3.63) is 0 Å². The predicted octanol–water partition coefficient (Wildman–Crippen LogP) is 1.80. The molecule has 1 aliphatic carbocycles. The molecule has 5 heteroatoms. The third-order valence-electron chi connectivity index (χ3n) is 3.65. The van der Waals surface area contributed by atoms with Crippen LogP contribution in [0.5, 0.6) is 0 Å². The average Bonchev–Trinajstić information content (AvgIpc) is 2.96. The molecule has 0 aromatic heterocycles. The van der Waals surface area contributed by atoms with Crippen LogP contribution in [-0.4, -0.2) is 39.9 Å². The molecule has 0 aromatic carbocycles. The Labute approximate surface area is 112 Å². The van der Waals surface area contributed by atoms with Gasteiger partial charge in [0.25, 0.3) is 0 Å². The van der Waals surface area contributed by atoms with E-state index < -0.39 is 0 Å². The first-order valence-corrected chi connectivity index (χ1v) is 7.91. The topological polar surface area (TPSA) is 46.3 Å². The first kappa shape index (κ1) is 13.1. The van der Waals surface area contributed by atoms with Crippen molar-refractivity contribution in [1.29, 1.82) is 0 Å². The number of carbonyl (C=O) groups is 1. The summed E-state index contributed by atoms with van der Waals surface area (Å²) in [5.74, 6) is 2.58. The number of rotatable bonds is 4. The lowest BCUT2D eigenvalue weighted by Crippen LogP contribution is -2.46. The SMILES string of the molecule is NC(=S)CN(C(=O)C1CCSC1)C1CCCC1. The van der Waals surface area contributed by atoms with E-state index in [0.29, 0.717) is 17.6 Å². The maximum atomic E-state index is 12.5. The maximum absolute atomic E-state index is 12.5. The number of amides is 1. The second kappa shape index (κ2) is 6.05. The van der Waals surface area contributed by atoms with E-state index in [9.17, 15) is 4.79 Å². The van der Waals surface area contributed by atoms with E-state index in [0.717, 1.165) is 30.8 Å². The zero-order valence-corrected chi connectivity index (χ0v) is 11.7. The summed E-state index contributed by atoms with van der Waals surface area (Å²) < 4.78 is 0. The molecule has 1 unspecified atom stereocenters. The van der Waals surface area contributed by atoms with Crippen LogP contribution in [0.4, 0.5) is 0 Å². The molecular formula is C12H20N2OS2. The first-order chi connectivity index (χ1) is 8.18. The lowest BCUT2D eigenvalue weighted by molar-refractivity contribution is -0.136. The molecule has 2 fully saturated rings. The molecule has 96 valence electrons. The molecule has 0 spiro atoms.